The zero-order chi connectivity index (χ0) is 10.6. The van der Waals surface area contributed by atoms with Gasteiger partial charge in [0, 0.05) is 5.41 Å². The van der Waals surface area contributed by atoms with E-state index in [4.69, 9.17) is 5.73 Å². The van der Waals surface area contributed by atoms with E-state index in [1.807, 2.05) is 0 Å². The van der Waals surface area contributed by atoms with Crippen molar-refractivity contribution in [2.75, 3.05) is 0 Å². The molecule has 4 bridgehead atoms. The van der Waals surface area contributed by atoms with Gasteiger partial charge in [0.1, 0.15) is 6.10 Å². The summed E-state index contributed by atoms with van der Waals surface area (Å²) in [5.41, 5.74) is 5.13. The van der Waals surface area contributed by atoms with Crippen LogP contribution in [0.1, 0.15) is 38.5 Å². The van der Waals surface area contributed by atoms with Crippen LogP contribution in [0.25, 0.3) is 0 Å². The molecule has 0 radical (unpaired) electrons. The fourth-order valence-electron chi connectivity index (χ4n) is 4.81. The summed E-state index contributed by atoms with van der Waals surface area (Å²) in [7, 11) is 0. The van der Waals surface area contributed by atoms with E-state index in [0.717, 1.165) is 37.0 Å². The molecule has 1 amide bonds. The van der Waals surface area contributed by atoms with Crippen LogP contribution in [0.3, 0.4) is 0 Å². The Hall–Kier alpha value is -0.570. The van der Waals surface area contributed by atoms with Gasteiger partial charge >= 0.3 is 0 Å². The van der Waals surface area contributed by atoms with Crippen LogP contribution in [0.15, 0.2) is 0 Å². The average Bonchev–Trinajstić information content (AvgIpc) is 2.14. The molecular formula is C12H19NO2. The quantitative estimate of drug-likeness (QED) is 0.714. The van der Waals surface area contributed by atoms with Crippen molar-refractivity contribution >= 4 is 5.91 Å². The number of carbonyl (C=O) groups is 1. The van der Waals surface area contributed by atoms with Crippen molar-refractivity contribution in [3.8, 4) is 0 Å². The minimum Gasteiger partial charge on any atom is -0.383 e. The van der Waals surface area contributed by atoms with Crippen molar-refractivity contribution in [2.24, 2.45) is 28.9 Å². The van der Waals surface area contributed by atoms with Crippen molar-refractivity contribution < 1.29 is 9.90 Å². The first-order valence-corrected chi connectivity index (χ1v) is 6.06. The molecule has 0 aliphatic heterocycles. The average molecular weight is 209 g/mol. The Balaban J connectivity index is 1.89. The molecule has 0 aromatic carbocycles. The number of primary amides is 1. The van der Waals surface area contributed by atoms with E-state index >= 15 is 0 Å². The van der Waals surface area contributed by atoms with E-state index < -0.39 is 12.0 Å². The van der Waals surface area contributed by atoms with Gasteiger partial charge in [-0.3, -0.25) is 4.79 Å². The monoisotopic (exact) mass is 209 g/mol. The number of amides is 1. The van der Waals surface area contributed by atoms with Gasteiger partial charge in [-0.05, 0) is 56.3 Å². The smallest absolute Gasteiger partial charge is 0.246 e. The molecule has 0 aromatic heterocycles. The molecule has 0 spiro atoms. The summed E-state index contributed by atoms with van der Waals surface area (Å²) in [6.45, 7) is 0. The Bertz CT molecular complexity index is 265. The molecule has 3 heteroatoms. The Morgan fingerprint density at radius 2 is 1.53 bits per heavy atom. The maximum Gasteiger partial charge on any atom is 0.246 e. The van der Waals surface area contributed by atoms with Crippen LogP contribution >= 0.6 is 0 Å². The van der Waals surface area contributed by atoms with Gasteiger partial charge in [-0.15, -0.1) is 0 Å². The van der Waals surface area contributed by atoms with Crippen LogP contribution in [-0.4, -0.2) is 17.1 Å². The minimum atomic E-state index is -0.897. The van der Waals surface area contributed by atoms with Gasteiger partial charge in [0.05, 0.1) is 0 Å². The number of aliphatic hydroxyl groups is 1. The fourth-order valence-corrected chi connectivity index (χ4v) is 4.81. The van der Waals surface area contributed by atoms with Crippen molar-refractivity contribution in [3.63, 3.8) is 0 Å². The topological polar surface area (TPSA) is 63.3 Å². The van der Waals surface area contributed by atoms with Gasteiger partial charge in [-0.2, -0.15) is 0 Å². The summed E-state index contributed by atoms with van der Waals surface area (Å²) < 4.78 is 0. The molecule has 0 aromatic rings. The first-order chi connectivity index (χ1) is 7.09. The standard InChI is InChI=1S/C12H19NO2/c13-11(15)10(14)12-4-7-1-8(5-12)3-9(2-7)6-12/h7-10,14H,1-6H2,(H2,13,15). The summed E-state index contributed by atoms with van der Waals surface area (Å²) in [6, 6.07) is 0. The van der Waals surface area contributed by atoms with Crippen LogP contribution < -0.4 is 5.73 Å². The van der Waals surface area contributed by atoms with Gasteiger partial charge in [0.2, 0.25) is 5.91 Å². The lowest BCUT2D eigenvalue weighted by Gasteiger charge is -2.57. The highest BCUT2D eigenvalue weighted by molar-refractivity contribution is 5.79. The predicted molar refractivity (Wildman–Crippen MR) is 55.8 cm³/mol. The first kappa shape index (κ1) is 9.64. The second-order valence-electron chi connectivity index (χ2n) is 6.08. The molecule has 4 aliphatic rings. The second-order valence-corrected chi connectivity index (χ2v) is 6.08. The van der Waals surface area contributed by atoms with Crippen molar-refractivity contribution in [1.82, 2.24) is 0 Å². The third-order valence-electron chi connectivity index (χ3n) is 4.94. The van der Waals surface area contributed by atoms with Crippen LogP contribution in [0.5, 0.6) is 0 Å². The van der Waals surface area contributed by atoms with Crippen LogP contribution in [-0.2, 0) is 4.79 Å². The van der Waals surface area contributed by atoms with E-state index in [1.54, 1.807) is 0 Å². The van der Waals surface area contributed by atoms with Gasteiger partial charge in [0.15, 0.2) is 0 Å². The highest BCUT2D eigenvalue weighted by atomic mass is 16.3. The van der Waals surface area contributed by atoms with Crippen molar-refractivity contribution in [3.05, 3.63) is 0 Å². The van der Waals surface area contributed by atoms with Crippen LogP contribution in [0, 0.1) is 23.2 Å². The van der Waals surface area contributed by atoms with E-state index in [9.17, 15) is 9.90 Å². The number of hydrogen-bond acceptors (Lipinski definition) is 2. The van der Waals surface area contributed by atoms with Crippen LogP contribution in [0.2, 0.25) is 0 Å². The molecule has 4 aliphatic carbocycles. The lowest BCUT2D eigenvalue weighted by molar-refractivity contribution is -0.152. The van der Waals surface area contributed by atoms with Gasteiger partial charge < -0.3 is 10.8 Å². The number of nitrogens with two attached hydrogens (primary N) is 1. The molecule has 4 saturated carbocycles. The molecule has 15 heavy (non-hydrogen) atoms. The normalized spacial score (nSPS) is 49.3. The minimum absolute atomic E-state index is 0.138. The maximum absolute atomic E-state index is 11.2. The molecule has 1 unspecified atom stereocenters. The zero-order valence-corrected chi connectivity index (χ0v) is 8.98. The third-order valence-corrected chi connectivity index (χ3v) is 4.94. The molecule has 84 valence electrons. The molecule has 3 N–H and O–H groups in total. The van der Waals surface area contributed by atoms with Crippen LogP contribution in [0.4, 0.5) is 0 Å². The van der Waals surface area contributed by atoms with Crippen molar-refractivity contribution in [1.29, 1.82) is 0 Å². The number of carbonyl (C=O) groups excluding carboxylic acids is 1. The summed E-state index contributed by atoms with van der Waals surface area (Å²) in [5.74, 6) is 1.75. The molecule has 4 rings (SSSR count). The first-order valence-electron chi connectivity index (χ1n) is 6.06. The highest BCUT2D eigenvalue weighted by Crippen LogP contribution is 2.61. The van der Waals surface area contributed by atoms with E-state index in [2.05, 4.69) is 0 Å². The lowest BCUT2D eigenvalue weighted by Crippen LogP contribution is -2.55. The van der Waals surface area contributed by atoms with E-state index in [-0.39, 0.29) is 5.41 Å². The molecule has 4 fully saturated rings. The Morgan fingerprint density at radius 1 is 1.13 bits per heavy atom. The largest absolute Gasteiger partial charge is 0.383 e. The summed E-state index contributed by atoms with van der Waals surface area (Å²) in [5, 5.41) is 10.0. The fraction of sp³-hybridized carbons (Fsp3) is 0.917. The highest BCUT2D eigenvalue weighted by Gasteiger charge is 2.55. The number of aliphatic hydroxyl groups excluding tert-OH is 1. The summed E-state index contributed by atoms with van der Waals surface area (Å²) in [6.07, 6.45) is 6.17. The summed E-state index contributed by atoms with van der Waals surface area (Å²) in [4.78, 5) is 11.2. The molecule has 0 heterocycles. The second kappa shape index (κ2) is 2.97. The maximum atomic E-state index is 11.2. The van der Waals surface area contributed by atoms with Gasteiger partial charge in [-0.25, -0.2) is 0 Å². The zero-order valence-electron chi connectivity index (χ0n) is 8.98. The lowest BCUT2D eigenvalue weighted by atomic mass is 9.48. The van der Waals surface area contributed by atoms with Gasteiger partial charge in [-0.1, -0.05) is 0 Å². The van der Waals surface area contributed by atoms with E-state index in [1.165, 1.54) is 19.3 Å². The summed E-state index contributed by atoms with van der Waals surface area (Å²) >= 11 is 0. The van der Waals surface area contributed by atoms with E-state index in [0.29, 0.717) is 0 Å². The Kier molecular flexibility index (Phi) is 1.91. The SMILES string of the molecule is NC(=O)C(O)C12CC3CC(CC(C3)C1)C2. The molecular weight excluding hydrogens is 190 g/mol. The molecule has 0 saturated heterocycles. The number of hydrogen-bond donors (Lipinski definition) is 2. The Labute approximate surface area is 90.0 Å². The number of rotatable bonds is 2. The Morgan fingerprint density at radius 3 is 1.87 bits per heavy atom. The van der Waals surface area contributed by atoms with Gasteiger partial charge in [0.25, 0.3) is 0 Å². The molecule has 1 atom stereocenters. The third kappa shape index (κ3) is 1.32. The predicted octanol–water partition coefficient (Wildman–Crippen LogP) is 1.05. The van der Waals surface area contributed by atoms with Crippen molar-refractivity contribution in [2.45, 2.75) is 44.6 Å². The molecule has 3 nitrogen and oxygen atoms in total.